The van der Waals surface area contributed by atoms with Crippen molar-refractivity contribution < 1.29 is 38.8 Å². The fourth-order valence-corrected chi connectivity index (χ4v) is 10.3. The van der Waals surface area contributed by atoms with Gasteiger partial charge in [0.1, 0.15) is 6.10 Å². The number of aliphatic hydroxyl groups is 1. The van der Waals surface area contributed by atoms with Gasteiger partial charge in [0.2, 0.25) is 0 Å². The van der Waals surface area contributed by atoms with E-state index < -0.39 is 35.7 Å². The maximum absolute atomic E-state index is 12.5. The molecule has 44 heavy (non-hydrogen) atoms. The van der Waals surface area contributed by atoms with E-state index in [-0.39, 0.29) is 35.9 Å². The second kappa shape index (κ2) is 13.1. The van der Waals surface area contributed by atoms with E-state index in [1.807, 2.05) is 0 Å². The van der Waals surface area contributed by atoms with Gasteiger partial charge in [-0.15, -0.1) is 0 Å². The minimum absolute atomic E-state index is 0.0800. The van der Waals surface area contributed by atoms with Gasteiger partial charge in [-0.1, -0.05) is 47.6 Å². The Morgan fingerprint density at radius 1 is 1.07 bits per heavy atom. The zero-order valence-corrected chi connectivity index (χ0v) is 28.4. The third-order valence-electron chi connectivity index (χ3n) is 12.2. The highest BCUT2D eigenvalue weighted by molar-refractivity contribution is 5.76. The number of hydrogen-bond donors (Lipinski definition) is 2. The minimum Gasteiger partial charge on any atom is -0.481 e. The first-order valence-corrected chi connectivity index (χ1v) is 17.0. The Labute approximate surface area is 264 Å². The summed E-state index contributed by atoms with van der Waals surface area (Å²) >= 11 is 0. The van der Waals surface area contributed by atoms with E-state index in [9.17, 15) is 19.5 Å². The lowest BCUT2D eigenvalue weighted by Crippen LogP contribution is -2.54. The molecule has 11 atom stereocenters. The fraction of sp³-hybridized carbons (Fsp3) is 0.861. The summed E-state index contributed by atoms with van der Waals surface area (Å²) in [6.07, 6.45) is 6.36. The molecule has 1 saturated heterocycles. The molecule has 0 aromatic carbocycles. The van der Waals surface area contributed by atoms with Gasteiger partial charge in [0, 0.05) is 12.3 Å². The van der Waals surface area contributed by atoms with Crippen molar-refractivity contribution in [2.75, 3.05) is 0 Å². The van der Waals surface area contributed by atoms with E-state index in [0.29, 0.717) is 35.5 Å². The Kier molecular flexibility index (Phi) is 10.4. The summed E-state index contributed by atoms with van der Waals surface area (Å²) in [6, 6.07) is 0. The Morgan fingerprint density at radius 3 is 2.36 bits per heavy atom. The third-order valence-corrected chi connectivity index (χ3v) is 12.2. The number of carbonyl (C=O) groups excluding carboxylic acids is 2. The van der Waals surface area contributed by atoms with E-state index in [1.165, 1.54) is 13.3 Å². The zero-order valence-electron chi connectivity index (χ0n) is 28.4. The van der Waals surface area contributed by atoms with E-state index in [1.54, 1.807) is 13.8 Å². The van der Waals surface area contributed by atoms with E-state index in [0.717, 1.165) is 50.5 Å². The zero-order chi connectivity index (χ0) is 32.8. The van der Waals surface area contributed by atoms with Gasteiger partial charge in [0.15, 0.2) is 6.10 Å². The third kappa shape index (κ3) is 6.91. The molecule has 4 aliphatic rings. The number of aliphatic carboxylic acids is 1. The number of esters is 2. The Balaban J connectivity index is 1.49. The van der Waals surface area contributed by atoms with Crippen LogP contribution in [-0.2, 0) is 28.6 Å². The molecule has 4 rings (SSSR count). The minimum atomic E-state index is -1.23. The molecule has 0 amide bonds. The number of rotatable bonds is 10. The van der Waals surface area contributed by atoms with Gasteiger partial charge < -0.3 is 24.4 Å². The van der Waals surface area contributed by atoms with Crippen molar-refractivity contribution >= 4 is 17.9 Å². The predicted molar refractivity (Wildman–Crippen MR) is 168 cm³/mol. The van der Waals surface area contributed by atoms with Crippen LogP contribution in [0.25, 0.3) is 0 Å². The number of ether oxygens (including phenoxy) is 3. The average molecular weight is 619 g/mol. The Bertz CT molecular complexity index is 1090. The van der Waals surface area contributed by atoms with Crippen LogP contribution in [0.2, 0.25) is 0 Å². The lowest BCUT2D eigenvalue weighted by Gasteiger charge is -2.51. The molecular weight excluding hydrogens is 560 g/mol. The van der Waals surface area contributed by atoms with Crippen molar-refractivity contribution in [3.8, 4) is 0 Å². The summed E-state index contributed by atoms with van der Waals surface area (Å²) in [5.74, 6) is 0.563. The largest absolute Gasteiger partial charge is 0.481 e. The van der Waals surface area contributed by atoms with Gasteiger partial charge in [-0.2, -0.15) is 0 Å². The van der Waals surface area contributed by atoms with E-state index in [2.05, 4.69) is 41.2 Å². The molecule has 8 nitrogen and oxygen atoms in total. The van der Waals surface area contributed by atoms with Crippen molar-refractivity contribution in [2.45, 2.75) is 150 Å². The Morgan fingerprint density at radius 2 is 1.75 bits per heavy atom. The standard InChI is InChI=1S/C36H58O8/c1-20-12-15-27(44-29(40)17-16-28(38)39)34(5,6)25(20)14-13-24-11-10-18-36(9)30-21(2)19-26(43-32(30)22(3)31(24)36)33(35(7,8)41)42-23(4)37/h20-21,24-27,30-33,41H,3,10-19H2,1-2,4-9H3,(H,38,39)/t20?,21-,24+,25?,26-,27+,30?,31?,32?,33+,36-/m1/s1. The molecule has 8 heteroatoms. The van der Waals surface area contributed by atoms with Crippen molar-refractivity contribution in [1.82, 2.24) is 0 Å². The first-order valence-electron chi connectivity index (χ1n) is 17.0. The molecule has 0 aromatic rings. The van der Waals surface area contributed by atoms with Crippen LogP contribution in [0.3, 0.4) is 0 Å². The number of carboxylic acid groups (broad SMARTS) is 1. The molecule has 4 fully saturated rings. The molecule has 3 aliphatic carbocycles. The highest BCUT2D eigenvalue weighted by Crippen LogP contribution is 2.65. The quantitative estimate of drug-likeness (QED) is 0.205. The predicted octanol–water partition coefficient (Wildman–Crippen LogP) is 6.72. The van der Waals surface area contributed by atoms with E-state index in [4.69, 9.17) is 19.3 Å². The molecule has 250 valence electrons. The van der Waals surface area contributed by atoms with Crippen molar-refractivity contribution in [1.29, 1.82) is 0 Å². The second-order valence-electron chi connectivity index (χ2n) is 16.2. The maximum Gasteiger partial charge on any atom is 0.306 e. The van der Waals surface area contributed by atoms with Crippen molar-refractivity contribution in [3.63, 3.8) is 0 Å². The molecular formula is C36H58O8. The number of hydrogen-bond acceptors (Lipinski definition) is 7. The summed E-state index contributed by atoms with van der Waals surface area (Å²) < 4.78 is 18.3. The molecule has 3 saturated carbocycles. The monoisotopic (exact) mass is 618 g/mol. The summed E-state index contributed by atoms with van der Waals surface area (Å²) in [6.45, 7) is 20.9. The molecule has 5 unspecified atom stereocenters. The molecule has 1 aliphatic heterocycles. The van der Waals surface area contributed by atoms with Crippen LogP contribution >= 0.6 is 0 Å². The average Bonchev–Trinajstić information content (AvgIpc) is 3.14. The highest BCUT2D eigenvalue weighted by atomic mass is 16.6. The topological polar surface area (TPSA) is 119 Å². The number of carboxylic acids is 1. The Hall–Kier alpha value is -1.93. The lowest BCUT2D eigenvalue weighted by atomic mass is 9.56. The summed E-state index contributed by atoms with van der Waals surface area (Å²) in [5.41, 5.74) is -0.190. The second-order valence-corrected chi connectivity index (χ2v) is 16.2. The van der Waals surface area contributed by atoms with Crippen LogP contribution in [-0.4, -0.2) is 58.1 Å². The molecule has 0 radical (unpaired) electrons. The van der Waals surface area contributed by atoms with Crippen molar-refractivity contribution in [2.24, 2.45) is 46.3 Å². The van der Waals surface area contributed by atoms with Crippen LogP contribution in [0, 0.1) is 46.3 Å². The van der Waals surface area contributed by atoms with Crippen molar-refractivity contribution in [3.05, 3.63) is 12.2 Å². The maximum atomic E-state index is 12.5. The summed E-state index contributed by atoms with van der Waals surface area (Å²) in [5, 5.41) is 19.9. The van der Waals surface area contributed by atoms with Gasteiger partial charge in [-0.3, -0.25) is 14.4 Å². The summed E-state index contributed by atoms with van der Waals surface area (Å²) in [4.78, 5) is 35.4. The number of fused-ring (bicyclic) bond motifs is 3. The van der Waals surface area contributed by atoms with Gasteiger partial charge in [0.05, 0.1) is 30.7 Å². The SMILES string of the molecule is C=C1C2O[C@@H]([C@H](OC(C)=O)C(C)(C)O)C[C@@H](C)C2[C@@]2(C)CCC[C@@H](CCC3C(C)CC[C@H](OC(=O)CCC(=O)O)C3(C)C)C12. The van der Waals surface area contributed by atoms with Crippen LogP contribution in [0.15, 0.2) is 12.2 Å². The fourth-order valence-electron chi connectivity index (χ4n) is 10.3. The smallest absolute Gasteiger partial charge is 0.306 e. The van der Waals surface area contributed by atoms with Crippen LogP contribution in [0.1, 0.15) is 120 Å². The van der Waals surface area contributed by atoms with Gasteiger partial charge in [-0.05, 0) is 105 Å². The first-order chi connectivity index (χ1) is 20.4. The summed E-state index contributed by atoms with van der Waals surface area (Å²) in [7, 11) is 0. The van der Waals surface area contributed by atoms with Crippen LogP contribution in [0.4, 0.5) is 0 Å². The van der Waals surface area contributed by atoms with Crippen LogP contribution < -0.4 is 0 Å². The molecule has 0 spiro atoms. The highest BCUT2D eigenvalue weighted by Gasteiger charge is 2.62. The van der Waals surface area contributed by atoms with Gasteiger partial charge >= 0.3 is 17.9 Å². The molecule has 1 heterocycles. The molecule has 2 N–H and O–H groups in total. The van der Waals surface area contributed by atoms with Crippen LogP contribution in [0.5, 0.6) is 0 Å². The van der Waals surface area contributed by atoms with E-state index >= 15 is 0 Å². The number of carbonyl (C=O) groups is 3. The first kappa shape index (κ1) is 34.9. The normalized spacial score (nSPS) is 39.1. The molecule has 0 bridgehead atoms. The lowest BCUT2D eigenvalue weighted by molar-refractivity contribution is -0.204. The molecule has 0 aromatic heterocycles. The van der Waals surface area contributed by atoms with Gasteiger partial charge in [-0.25, -0.2) is 0 Å². The van der Waals surface area contributed by atoms with Gasteiger partial charge in [0.25, 0.3) is 0 Å².